The molecule has 0 saturated carbocycles. The lowest BCUT2D eigenvalue weighted by molar-refractivity contribution is 0.566. The van der Waals surface area contributed by atoms with Crippen LogP contribution in [-0.2, 0) is 17.1 Å². The van der Waals surface area contributed by atoms with Crippen LogP contribution in [0.25, 0.3) is 0 Å². The fourth-order valence-electron chi connectivity index (χ4n) is 2.26. The summed E-state index contributed by atoms with van der Waals surface area (Å²) in [5.74, 6) is 0.154. The molecule has 2 rings (SSSR count). The molecule has 0 fully saturated rings. The standard InChI is InChI=1S/C14H18ClN3O2S/c1-10-14(11(2)18(3)16-10)21(19,20)17-13(9-15)12-7-5-4-6-8-12/h4-8,13,17H,9H2,1-3H3. The molecule has 1 heterocycles. The molecule has 0 aliphatic heterocycles. The zero-order chi connectivity index (χ0) is 15.6. The Kier molecular flexibility index (Phi) is 4.70. The van der Waals surface area contributed by atoms with Crippen LogP contribution in [0.1, 0.15) is 23.0 Å². The van der Waals surface area contributed by atoms with Gasteiger partial charge in [0.25, 0.3) is 0 Å². The average molecular weight is 328 g/mol. The number of alkyl halides is 1. The van der Waals surface area contributed by atoms with Gasteiger partial charge in [-0.1, -0.05) is 30.3 Å². The number of benzene rings is 1. The van der Waals surface area contributed by atoms with Gasteiger partial charge in [0.1, 0.15) is 4.90 Å². The van der Waals surface area contributed by atoms with Crippen LogP contribution in [-0.4, -0.2) is 24.1 Å². The summed E-state index contributed by atoms with van der Waals surface area (Å²) < 4.78 is 29.4. The summed E-state index contributed by atoms with van der Waals surface area (Å²) in [5.41, 5.74) is 1.90. The fourth-order valence-corrected chi connectivity index (χ4v) is 4.27. The molecule has 0 aliphatic carbocycles. The minimum atomic E-state index is -3.68. The zero-order valence-corrected chi connectivity index (χ0v) is 13.7. The van der Waals surface area contributed by atoms with Gasteiger partial charge >= 0.3 is 0 Å². The zero-order valence-electron chi connectivity index (χ0n) is 12.2. The second-order valence-electron chi connectivity index (χ2n) is 4.86. The quantitative estimate of drug-likeness (QED) is 0.857. The number of nitrogens with one attached hydrogen (secondary N) is 1. The predicted molar refractivity (Wildman–Crippen MR) is 82.9 cm³/mol. The minimum Gasteiger partial charge on any atom is -0.271 e. The van der Waals surface area contributed by atoms with Crippen LogP contribution < -0.4 is 4.72 Å². The molecule has 21 heavy (non-hydrogen) atoms. The molecule has 0 amide bonds. The van der Waals surface area contributed by atoms with E-state index in [0.29, 0.717) is 11.4 Å². The third-order valence-electron chi connectivity index (χ3n) is 3.37. The number of halogens is 1. The Labute approximate surface area is 130 Å². The number of aromatic nitrogens is 2. The molecule has 114 valence electrons. The summed E-state index contributed by atoms with van der Waals surface area (Å²) in [6.45, 7) is 3.41. The SMILES string of the molecule is Cc1nn(C)c(C)c1S(=O)(=O)NC(CCl)c1ccccc1. The van der Waals surface area contributed by atoms with E-state index in [1.807, 2.05) is 30.3 Å². The number of aryl methyl sites for hydroxylation is 2. The van der Waals surface area contributed by atoms with Crippen LogP contribution in [0.4, 0.5) is 0 Å². The minimum absolute atomic E-state index is 0.154. The molecular weight excluding hydrogens is 310 g/mol. The first-order valence-electron chi connectivity index (χ1n) is 6.50. The topological polar surface area (TPSA) is 64.0 Å². The van der Waals surface area contributed by atoms with E-state index in [9.17, 15) is 8.42 Å². The van der Waals surface area contributed by atoms with Gasteiger partial charge in [-0.25, -0.2) is 13.1 Å². The first kappa shape index (κ1) is 16.0. The van der Waals surface area contributed by atoms with Crippen molar-refractivity contribution in [3.8, 4) is 0 Å². The maximum Gasteiger partial charge on any atom is 0.244 e. The van der Waals surface area contributed by atoms with Crippen molar-refractivity contribution in [2.45, 2.75) is 24.8 Å². The van der Waals surface area contributed by atoms with Gasteiger partial charge in [0, 0.05) is 12.9 Å². The first-order valence-corrected chi connectivity index (χ1v) is 8.52. The average Bonchev–Trinajstić information content (AvgIpc) is 2.71. The second kappa shape index (κ2) is 6.17. The number of nitrogens with zero attached hydrogens (tertiary/aromatic N) is 2. The highest BCUT2D eigenvalue weighted by atomic mass is 35.5. The number of rotatable bonds is 5. The van der Waals surface area contributed by atoms with Crippen molar-refractivity contribution in [1.82, 2.24) is 14.5 Å². The van der Waals surface area contributed by atoms with E-state index < -0.39 is 16.1 Å². The number of hydrogen-bond acceptors (Lipinski definition) is 3. The molecular formula is C14H18ClN3O2S. The predicted octanol–water partition coefficient (Wildman–Crippen LogP) is 2.30. The monoisotopic (exact) mass is 327 g/mol. The van der Waals surface area contributed by atoms with Gasteiger partial charge in [0.05, 0.1) is 17.4 Å². The van der Waals surface area contributed by atoms with Gasteiger partial charge in [-0.15, -0.1) is 11.6 Å². The molecule has 0 radical (unpaired) electrons. The third kappa shape index (κ3) is 3.28. The fraction of sp³-hybridized carbons (Fsp3) is 0.357. The Morgan fingerprint density at radius 3 is 2.38 bits per heavy atom. The molecule has 0 aliphatic rings. The Bertz CT molecular complexity index is 726. The van der Waals surface area contributed by atoms with Gasteiger partial charge in [0.15, 0.2) is 0 Å². The Morgan fingerprint density at radius 1 is 1.29 bits per heavy atom. The van der Waals surface area contributed by atoms with Gasteiger partial charge in [0.2, 0.25) is 10.0 Å². The summed E-state index contributed by atoms with van der Waals surface area (Å²) in [6.07, 6.45) is 0. The van der Waals surface area contributed by atoms with Crippen LogP contribution in [0.15, 0.2) is 35.2 Å². The summed E-state index contributed by atoms with van der Waals surface area (Å²) in [7, 11) is -1.96. The summed E-state index contributed by atoms with van der Waals surface area (Å²) in [6, 6.07) is 8.79. The van der Waals surface area contributed by atoms with Crippen molar-refractivity contribution in [3.05, 3.63) is 47.3 Å². The summed E-state index contributed by atoms with van der Waals surface area (Å²) in [5, 5.41) is 4.15. The van der Waals surface area contributed by atoms with E-state index in [1.165, 1.54) is 0 Å². The van der Waals surface area contributed by atoms with Gasteiger partial charge < -0.3 is 0 Å². The Balaban J connectivity index is 2.36. The first-order chi connectivity index (χ1) is 9.86. The summed E-state index contributed by atoms with van der Waals surface area (Å²) in [4.78, 5) is 0.219. The maximum absolute atomic E-state index is 12.6. The highest BCUT2D eigenvalue weighted by Crippen LogP contribution is 2.22. The normalized spacial score (nSPS) is 13.3. The van der Waals surface area contributed by atoms with Crippen LogP contribution >= 0.6 is 11.6 Å². The third-order valence-corrected chi connectivity index (χ3v) is 5.40. The maximum atomic E-state index is 12.6. The Hall–Kier alpha value is -1.37. The molecule has 1 aromatic carbocycles. The van der Waals surface area contributed by atoms with E-state index in [-0.39, 0.29) is 10.8 Å². The van der Waals surface area contributed by atoms with E-state index >= 15 is 0 Å². The van der Waals surface area contributed by atoms with Crippen molar-refractivity contribution >= 4 is 21.6 Å². The van der Waals surface area contributed by atoms with E-state index in [0.717, 1.165) is 5.56 Å². The van der Waals surface area contributed by atoms with Gasteiger partial charge in [-0.2, -0.15) is 5.10 Å². The van der Waals surface area contributed by atoms with Crippen LogP contribution in [0, 0.1) is 13.8 Å². The van der Waals surface area contributed by atoms with Crippen molar-refractivity contribution < 1.29 is 8.42 Å². The van der Waals surface area contributed by atoms with Gasteiger partial charge in [-0.3, -0.25) is 4.68 Å². The molecule has 1 N–H and O–H groups in total. The molecule has 0 saturated heterocycles. The molecule has 5 nitrogen and oxygen atoms in total. The van der Waals surface area contributed by atoms with Crippen molar-refractivity contribution in [1.29, 1.82) is 0 Å². The molecule has 0 bridgehead atoms. The summed E-state index contributed by atoms with van der Waals surface area (Å²) >= 11 is 5.93. The lowest BCUT2D eigenvalue weighted by Crippen LogP contribution is -2.30. The van der Waals surface area contributed by atoms with Crippen molar-refractivity contribution in [2.24, 2.45) is 7.05 Å². The van der Waals surface area contributed by atoms with E-state index in [1.54, 1.807) is 25.6 Å². The number of sulfonamides is 1. The molecule has 0 spiro atoms. The van der Waals surface area contributed by atoms with Crippen molar-refractivity contribution in [3.63, 3.8) is 0 Å². The molecule has 2 aromatic rings. The highest BCUT2D eigenvalue weighted by molar-refractivity contribution is 7.89. The van der Waals surface area contributed by atoms with E-state index in [4.69, 9.17) is 11.6 Å². The highest BCUT2D eigenvalue weighted by Gasteiger charge is 2.27. The molecule has 1 atom stereocenters. The van der Waals surface area contributed by atoms with Crippen LogP contribution in [0.3, 0.4) is 0 Å². The smallest absolute Gasteiger partial charge is 0.244 e. The molecule has 1 unspecified atom stereocenters. The lowest BCUT2D eigenvalue weighted by Gasteiger charge is -2.16. The van der Waals surface area contributed by atoms with E-state index in [2.05, 4.69) is 9.82 Å². The largest absolute Gasteiger partial charge is 0.271 e. The molecule has 1 aromatic heterocycles. The molecule has 7 heteroatoms. The second-order valence-corrected chi connectivity index (χ2v) is 6.82. The lowest BCUT2D eigenvalue weighted by atomic mass is 10.1. The van der Waals surface area contributed by atoms with Crippen LogP contribution in [0.5, 0.6) is 0 Å². The number of hydrogen-bond donors (Lipinski definition) is 1. The van der Waals surface area contributed by atoms with Gasteiger partial charge in [-0.05, 0) is 19.4 Å². The van der Waals surface area contributed by atoms with Crippen molar-refractivity contribution in [2.75, 3.05) is 5.88 Å². The Morgan fingerprint density at radius 2 is 1.90 bits per heavy atom. The van der Waals surface area contributed by atoms with Crippen LogP contribution in [0.2, 0.25) is 0 Å².